The Kier molecular flexibility index (Phi) is 11.7. The van der Waals surface area contributed by atoms with Crippen LogP contribution in [0, 0.1) is 0 Å². The second kappa shape index (κ2) is 15.4. The Morgan fingerprint density at radius 1 is 0.833 bits per heavy atom. The monoisotopic (exact) mass is 597 g/mol. The van der Waals surface area contributed by atoms with Crippen LogP contribution in [0.5, 0.6) is 0 Å². The highest BCUT2D eigenvalue weighted by Crippen LogP contribution is 2.52. The Morgan fingerprint density at radius 3 is 1.79 bits per heavy atom. The maximum Gasteiger partial charge on any atom is 0.335 e. The fourth-order valence-electron chi connectivity index (χ4n) is 4.79. The molecule has 224 valence electrons. The molecule has 1 N–H and O–H groups in total. The van der Waals surface area contributed by atoms with Gasteiger partial charge in [-0.1, -0.05) is 96.1 Å². The van der Waals surface area contributed by atoms with E-state index in [1.54, 1.807) is 0 Å². The molecule has 42 heavy (non-hydrogen) atoms. The first-order valence-corrected chi connectivity index (χ1v) is 15.2. The summed E-state index contributed by atoms with van der Waals surface area (Å²) in [5, 5.41) is 15.8. The van der Waals surface area contributed by atoms with Gasteiger partial charge in [-0.25, -0.2) is 0 Å². The van der Waals surface area contributed by atoms with Crippen LogP contribution in [-0.4, -0.2) is 62.2 Å². The molecule has 11 nitrogen and oxygen atoms in total. The molecule has 0 aromatic heterocycles. The number of aliphatic hydroxyl groups is 1. The minimum Gasteiger partial charge on any atom is -0.374 e. The van der Waals surface area contributed by atoms with E-state index in [-0.39, 0.29) is 26.4 Å². The fraction of sp³-hybridized carbons (Fsp3) is 0.400. The summed E-state index contributed by atoms with van der Waals surface area (Å²) < 4.78 is 48.4. The largest absolute Gasteiger partial charge is 0.374 e. The van der Waals surface area contributed by atoms with Gasteiger partial charge in [-0.15, -0.1) is 0 Å². The number of ether oxygens (including phenoxy) is 4. The molecule has 0 aliphatic carbocycles. The molecule has 0 saturated carbocycles. The molecule has 4 rings (SSSR count). The molecule has 1 heterocycles. The van der Waals surface area contributed by atoms with Crippen LogP contribution < -0.4 is 0 Å². The Morgan fingerprint density at radius 2 is 1.31 bits per heavy atom. The molecule has 12 heteroatoms. The van der Waals surface area contributed by atoms with Gasteiger partial charge in [0.1, 0.15) is 30.5 Å². The lowest BCUT2D eigenvalue weighted by atomic mass is 9.91. The highest BCUT2D eigenvalue weighted by molar-refractivity contribution is 7.53. The lowest BCUT2D eigenvalue weighted by Gasteiger charge is -2.49. The number of hydrogen-bond donors (Lipinski definition) is 1. The average molecular weight is 598 g/mol. The molecule has 1 aliphatic rings. The van der Waals surface area contributed by atoms with Gasteiger partial charge in [-0.3, -0.25) is 4.57 Å². The zero-order valence-corrected chi connectivity index (χ0v) is 24.5. The molecule has 0 bridgehead atoms. The fourth-order valence-corrected chi connectivity index (χ4v) is 6.01. The zero-order valence-electron chi connectivity index (χ0n) is 23.6. The molecule has 3 aromatic carbocycles. The lowest BCUT2D eigenvalue weighted by Crippen LogP contribution is -2.67. The molecule has 0 unspecified atom stereocenters. The van der Waals surface area contributed by atoms with Crippen molar-refractivity contribution in [3.63, 3.8) is 0 Å². The summed E-state index contributed by atoms with van der Waals surface area (Å²) in [6.45, 7) is 0.558. The highest BCUT2D eigenvalue weighted by atomic mass is 31.2. The van der Waals surface area contributed by atoms with Crippen LogP contribution in [0.1, 0.15) is 16.7 Å². The minimum atomic E-state index is -3.86. The van der Waals surface area contributed by atoms with Crippen LogP contribution in [0.15, 0.2) is 96.1 Å². The van der Waals surface area contributed by atoms with Gasteiger partial charge >= 0.3 is 7.60 Å². The van der Waals surface area contributed by atoms with E-state index in [9.17, 15) is 15.2 Å². The van der Waals surface area contributed by atoms with Gasteiger partial charge in [-0.2, -0.15) is 0 Å². The van der Waals surface area contributed by atoms with Crippen molar-refractivity contribution in [3.8, 4) is 0 Å². The predicted molar refractivity (Wildman–Crippen MR) is 155 cm³/mol. The molecular formula is C30H36N3O8P. The van der Waals surface area contributed by atoms with Crippen LogP contribution in [0.25, 0.3) is 10.4 Å². The van der Waals surface area contributed by atoms with Gasteiger partial charge in [-0.05, 0) is 22.2 Å². The molecule has 1 fully saturated rings. The van der Waals surface area contributed by atoms with Crippen molar-refractivity contribution < 1.29 is 37.7 Å². The third kappa shape index (κ3) is 8.49. The summed E-state index contributed by atoms with van der Waals surface area (Å²) in [6, 6.07) is 27.2. The molecular weight excluding hydrogens is 561 g/mol. The molecule has 0 amide bonds. The van der Waals surface area contributed by atoms with Crippen molar-refractivity contribution in [3.05, 3.63) is 118 Å². The summed E-state index contributed by atoms with van der Waals surface area (Å²) in [4.78, 5) is 2.97. The molecule has 0 radical (unpaired) electrons. The van der Waals surface area contributed by atoms with Gasteiger partial charge < -0.3 is 33.1 Å². The summed E-state index contributed by atoms with van der Waals surface area (Å²) in [5.41, 5.74) is 12.2. The van der Waals surface area contributed by atoms with Crippen LogP contribution in [0.3, 0.4) is 0 Å². The maximum absolute atomic E-state index is 13.2. The average Bonchev–Trinajstić information content (AvgIpc) is 3.02. The number of benzene rings is 3. The molecule has 1 saturated heterocycles. The third-order valence-corrected chi connectivity index (χ3v) is 8.89. The van der Waals surface area contributed by atoms with Crippen molar-refractivity contribution >= 4 is 7.60 Å². The van der Waals surface area contributed by atoms with Crippen molar-refractivity contribution in [2.24, 2.45) is 5.11 Å². The van der Waals surface area contributed by atoms with E-state index >= 15 is 0 Å². The van der Waals surface area contributed by atoms with E-state index in [0.29, 0.717) is 0 Å². The van der Waals surface area contributed by atoms with Crippen molar-refractivity contribution in [2.75, 3.05) is 27.0 Å². The van der Waals surface area contributed by atoms with E-state index < -0.39 is 43.9 Å². The second-order valence-corrected chi connectivity index (χ2v) is 12.1. The summed E-state index contributed by atoms with van der Waals surface area (Å²) in [6.07, 6.45) is -3.43. The first-order chi connectivity index (χ1) is 20.4. The quantitative estimate of drug-likeness (QED) is 0.103. The predicted octanol–water partition coefficient (Wildman–Crippen LogP) is 5.63. The zero-order chi connectivity index (χ0) is 29.8. The smallest absolute Gasteiger partial charge is 0.335 e. The maximum atomic E-state index is 13.2. The number of azide groups is 1. The van der Waals surface area contributed by atoms with Crippen LogP contribution in [-0.2, 0) is 52.4 Å². The van der Waals surface area contributed by atoms with Crippen molar-refractivity contribution in [1.82, 2.24) is 0 Å². The molecule has 3 aromatic rings. The van der Waals surface area contributed by atoms with E-state index in [1.807, 2.05) is 91.0 Å². The van der Waals surface area contributed by atoms with E-state index in [2.05, 4.69) is 10.0 Å². The van der Waals surface area contributed by atoms with Crippen molar-refractivity contribution in [1.29, 1.82) is 0 Å². The Bertz CT molecular complexity index is 1320. The Labute approximate surface area is 245 Å². The molecule has 1 aliphatic heterocycles. The number of rotatable bonds is 15. The summed E-state index contributed by atoms with van der Waals surface area (Å²) in [7, 11) is -1.45. The van der Waals surface area contributed by atoms with Gasteiger partial charge in [0.25, 0.3) is 0 Å². The first-order valence-electron chi connectivity index (χ1n) is 13.5. The third-order valence-electron chi connectivity index (χ3n) is 6.94. The highest BCUT2D eigenvalue weighted by Gasteiger charge is 2.57. The molecule has 0 spiro atoms. The first kappa shape index (κ1) is 31.8. The standard InChI is InChI=1S/C30H36N3O8P/c1-36-42(35,37-2)22-30(34)29(32-33-31)28(40-20-25-16-10-5-11-17-25)27(39-19-24-14-8-4-9-15-24)26(41-30)21-38-18-23-12-6-3-7-13-23/h3-17,26-29,34H,18-22H2,1-2H3/t26-,27+,28+,29-,30+/m1/s1. The molecule has 5 atom stereocenters. The Balaban J connectivity index is 1.69. The SMILES string of the molecule is COP(=O)(C[C@]1(O)O[C@H](COCc2ccccc2)[C@H](OCc2ccccc2)[C@H](OCc2ccccc2)[C@H]1N=[N+]=[N-])OC. The normalized spacial score (nSPS) is 24.2. The number of hydrogen-bond acceptors (Lipinski definition) is 9. The minimum absolute atomic E-state index is 0.0187. The van der Waals surface area contributed by atoms with Crippen LogP contribution >= 0.6 is 7.60 Å². The van der Waals surface area contributed by atoms with E-state index in [1.165, 1.54) is 14.2 Å². The van der Waals surface area contributed by atoms with Gasteiger partial charge in [0, 0.05) is 19.1 Å². The van der Waals surface area contributed by atoms with Crippen LogP contribution in [0.4, 0.5) is 0 Å². The topological polar surface area (TPSA) is 141 Å². The van der Waals surface area contributed by atoms with Gasteiger partial charge in [0.05, 0.1) is 26.4 Å². The Hall–Kier alpha value is -3.08. The van der Waals surface area contributed by atoms with Crippen molar-refractivity contribution in [2.45, 2.75) is 50.0 Å². The summed E-state index contributed by atoms with van der Waals surface area (Å²) in [5.74, 6) is -2.30. The van der Waals surface area contributed by atoms with E-state index in [4.69, 9.17) is 28.0 Å². The van der Waals surface area contributed by atoms with Gasteiger partial charge in [0.2, 0.25) is 0 Å². The number of nitrogens with zero attached hydrogens (tertiary/aromatic N) is 3. The van der Waals surface area contributed by atoms with Gasteiger partial charge in [0.15, 0.2) is 5.79 Å². The van der Waals surface area contributed by atoms with Crippen LogP contribution in [0.2, 0.25) is 0 Å². The van der Waals surface area contributed by atoms with E-state index in [0.717, 1.165) is 16.7 Å². The summed E-state index contributed by atoms with van der Waals surface area (Å²) >= 11 is 0. The lowest BCUT2D eigenvalue weighted by molar-refractivity contribution is -0.320. The second-order valence-electron chi connectivity index (χ2n) is 9.81.